The zero-order valence-corrected chi connectivity index (χ0v) is 29.2. The molecule has 0 aliphatic carbocycles. The van der Waals surface area contributed by atoms with Crippen molar-refractivity contribution in [2.75, 3.05) is 13.2 Å². The van der Waals surface area contributed by atoms with Crippen LogP contribution >= 0.6 is 0 Å². The van der Waals surface area contributed by atoms with Crippen molar-refractivity contribution in [1.29, 1.82) is 0 Å². The van der Waals surface area contributed by atoms with Crippen LogP contribution < -0.4 is 9.47 Å². The van der Waals surface area contributed by atoms with Crippen LogP contribution in [0.5, 0.6) is 11.5 Å². The Hall–Kier alpha value is -6.62. The van der Waals surface area contributed by atoms with E-state index in [0.717, 1.165) is 57.3 Å². The lowest BCUT2D eigenvalue weighted by Gasteiger charge is -2.20. The molecule has 0 amide bonds. The zero-order valence-electron chi connectivity index (χ0n) is 29.2. The molecule has 250 valence electrons. The Morgan fingerprint density at radius 1 is 0.462 bits per heavy atom. The maximum atomic E-state index is 6.10. The standard InChI is InChI=1S/C48H36N2O2/c1-5-29-51-41-27-25-35(31-17-9-11-19-33(31)41)43-45-37-21-13-15-23-39(37)50(8-4)48(45)44(46-38-22-14-16-24-40(38)49(7-3)47(43)46)36-26-28-42(52-30-6-2)34-20-12-10-18-32(34)36/h1-2,9-28H,7-8,29-30H2,3-4H3. The van der Waals surface area contributed by atoms with E-state index >= 15 is 0 Å². The van der Waals surface area contributed by atoms with Gasteiger partial charge in [-0.1, -0.05) is 96.8 Å². The third-order valence-corrected chi connectivity index (χ3v) is 10.5. The number of para-hydroxylation sites is 2. The van der Waals surface area contributed by atoms with Gasteiger partial charge in [0, 0.05) is 67.6 Å². The van der Waals surface area contributed by atoms with Gasteiger partial charge in [0.2, 0.25) is 0 Å². The summed E-state index contributed by atoms with van der Waals surface area (Å²) in [6.07, 6.45) is 11.3. The van der Waals surface area contributed by atoms with Gasteiger partial charge >= 0.3 is 0 Å². The van der Waals surface area contributed by atoms with Gasteiger partial charge in [0.05, 0.1) is 11.0 Å². The molecule has 0 saturated carbocycles. The predicted octanol–water partition coefficient (Wildman–Crippen LogP) is 11.6. The molecular formula is C48H36N2O2. The van der Waals surface area contributed by atoms with Gasteiger partial charge < -0.3 is 18.6 Å². The van der Waals surface area contributed by atoms with Crippen LogP contribution in [0.2, 0.25) is 0 Å². The van der Waals surface area contributed by atoms with Crippen LogP contribution in [0, 0.1) is 24.7 Å². The number of aromatic nitrogens is 2. The summed E-state index contributed by atoms with van der Waals surface area (Å²) in [4.78, 5) is 0. The largest absolute Gasteiger partial charge is 0.480 e. The number of nitrogens with zero attached hydrogens (tertiary/aromatic N) is 2. The van der Waals surface area contributed by atoms with Crippen LogP contribution in [0.4, 0.5) is 0 Å². The SMILES string of the molecule is C#CCOc1ccc(-c2c3c4ccccc4n(CC)c3c(-c3ccc(OCC#C)c4ccccc34)c3c4ccccc4n(CC)c23)c2ccccc12. The molecule has 4 nitrogen and oxygen atoms in total. The number of ether oxygens (including phenoxy) is 2. The zero-order chi connectivity index (χ0) is 35.3. The molecule has 0 aliphatic heterocycles. The van der Waals surface area contributed by atoms with E-state index < -0.39 is 0 Å². The number of benzene rings is 7. The summed E-state index contributed by atoms with van der Waals surface area (Å²) in [5.41, 5.74) is 9.59. The lowest BCUT2D eigenvalue weighted by Crippen LogP contribution is -2.01. The summed E-state index contributed by atoms with van der Waals surface area (Å²) in [6.45, 7) is 6.51. The molecule has 0 bridgehead atoms. The molecular weight excluding hydrogens is 637 g/mol. The summed E-state index contributed by atoms with van der Waals surface area (Å²) in [5, 5.41) is 9.22. The van der Waals surface area contributed by atoms with Crippen molar-refractivity contribution in [3.8, 4) is 58.4 Å². The molecule has 0 spiro atoms. The average Bonchev–Trinajstić information content (AvgIpc) is 3.71. The van der Waals surface area contributed by atoms with Gasteiger partial charge in [-0.25, -0.2) is 0 Å². The first kappa shape index (κ1) is 31.4. The Bertz CT molecular complexity index is 2760. The van der Waals surface area contributed by atoms with Gasteiger partial charge in [-0.3, -0.25) is 0 Å². The molecule has 0 saturated heterocycles. The number of hydrogen-bond acceptors (Lipinski definition) is 2. The summed E-state index contributed by atoms with van der Waals surface area (Å²) < 4.78 is 17.2. The number of fused-ring (bicyclic) bond motifs is 8. The minimum atomic E-state index is 0.209. The second kappa shape index (κ2) is 12.6. The van der Waals surface area contributed by atoms with E-state index in [9.17, 15) is 0 Å². The molecule has 0 N–H and O–H groups in total. The second-order valence-corrected chi connectivity index (χ2v) is 13.0. The molecule has 9 aromatic rings. The summed E-state index contributed by atoms with van der Waals surface area (Å²) >= 11 is 0. The first-order chi connectivity index (χ1) is 25.7. The molecule has 0 atom stereocenters. The third-order valence-electron chi connectivity index (χ3n) is 10.5. The molecule has 4 heteroatoms. The van der Waals surface area contributed by atoms with Gasteiger partial charge in [-0.15, -0.1) is 12.8 Å². The van der Waals surface area contributed by atoms with Crippen molar-refractivity contribution < 1.29 is 9.47 Å². The Labute approximate surface area is 302 Å². The quantitative estimate of drug-likeness (QED) is 0.150. The first-order valence-corrected chi connectivity index (χ1v) is 17.8. The minimum Gasteiger partial charge on any atom is -0.480 e. The topological polar surface area (TPSA) is 28.3 Å². The highest BCUT2D eigenvalue weighted by Gasteiger charge is 2.29. The minimum absolute atomic E-state index is 0.209. The van der Waals surface area contributed by atoms with E-state index in [1.165, 1.54) is 54.7 Å². The van der Waals surface area contributed by atoms with Crippen molar-refractivity contribution >= 4 is 65.2 Å². The fourth-order valence-electron chi connectivity index (χ4n) is 8.52. The Kier molecular flexibility index (Phi) is 7.61. The molecule has 0 aliphatic rings. The lowest BCUT2D eigenvalue weighted by atomic mass is 9.86. The van der Waals surface area contributed by atoms with Crippen LogP contribution in [0.3, 0.4) is 0 Å². The molecule has 2 aromatic heterocycles. The maximum Gasteiger partial charge on any atom is 0.148 e. The highest BCUT2D eigenvalue weighted by Crippen LogP contribution is 2.53. The monoisotopic (exact) mass is 672 g/mol. The summed E-state index contributed by atoms with van der Waals surface area (Å²) in [6, 6.07) is 43.3. The number of rotatable bonds is 8. The number of terminal acetylenes is 2. The smallest absolute Gasteiger partial charge is 0.148 e. The van der Waals surface area contributed by atoms with Gasteiger partial charge in [0.1, 0.15) is 24.7 Å². The Balaban J connectivity index is 1.57. The van der Waals surface area contributed by atoms with Gasteiger partial charge in [0.25, 0.3) is 0 Å². The van der Waals surface area contributed by atoms with Crippen molar-refractivity contribution in [2.24, 2.45) is 0 Å². The predicted molar refractivity (Wildman–Crippen MR) is 218 cm³/mol. The van der Waals surface area contributed by atoms with E-state index in [-0.39, 0.29) is 13.2 Å². The Morgan fingerprint density at radius 3 is 1.21 bits per heavy atom. The molecule has 0 unspecified atom stereocenters. The highest BCUT2D eigenvalue weighted by atomic mass is 16.5. The fraction of sp³-hybridized carbons (Fsp3) is 0.125. The van der Waals surface area contributed by atoms with Crippen LogP contribution in [0.15, 0.2) is 121 Å². The third kappa shape index (κ3) is 4.51. The molecule has 7 aromatic carbocycles. The van der Waals surface area contributed by atoms with E-state index in [1.807, 2.05) is 0 Å². The van der Waals surface area contributed by atoms with Crippen molar-refractivity contribution in [1.82, 2.24) is 9.13 Å². The van der Waals surface area contributed by atoms with Crippen LogP contribution in [-0.4, -0.2) is 22.3 Å². The first-order valence-electron chi connectivity index (χ1n) is 17.8. The lowest BCUT2D eigenvalue weighted by molar-refractivity contribution is 0.375. The van der Waals surface area contributed by atoms with E-state index in [0.29, 0.717) is 0 Å². The molecule has 9 rings (SSSR count). The van der Waals surface area contributed by atoms with Gasteiger partial charge in [-0.05, 0) is 72.1 Å². The van der Waals surface area contributed by atoms with E-state index in [1.54, 1.807) is 0 Å². The molecule has 0 fully saturated rings. The van der Waals surface area contributed by atoms with Crippen molar-refractivity contribution in [2.45, 2.75) is 26.9 Å². The fourth-order valence-corrected chi connectivity index (χ4v) is 8.52. The van der Waals surface area contributed by atoms with Crippen molar-refractivity contribution in [3.05, 3.63) is 121 Å². The Morgan fingerprint density at radius 2 is 0.827 bits per heavy atom. The summed E-state index contributed by atoms with van der Waals surface area (Å²) in [7, 11) is 0. The summed E-state index contributed by atoms with van der Waals surface area (Å²) in [5.74, 6) is 6.84. The van der Waals surface area contributed by atoms with Crippen LogP contribution in [0.25, 0.3) is 87.4 Å². The number of aryl methyl sites for hydroxylation is 2. The van der Waals surface area contributed by atoms with Crippen LogP contribution in [0.1, 0.15) is 13.8 Å². The van der Waals surface area contributed by atoms with Crippen molar-refractivity contribution in [3.63, 3.8) is 0 Å². The average molecular weight is 673 g/mol. The van der Waals surface area contributed by atoms with Gasteiger partial charge in [-0.2, -0.15) is 0 Å². The van der Waals surface area contributed by atoms with E-state index in [2.05, 4.69) is 156 Å². The van der Waals surface area contributed by atoms with Gasteiger partial charge in [0.15, 0.2) is 0 Å². The molecule has 52 heavy (non-hydrogen) atoms. The molecule has 2 heterocycles. The highest BCUT2D eigenvalue weighted by molar-refractivity contribution is 6.34. The van der Waals surface area contributed by atoms with Crippen LogP contribution in [-0.2, 0) is 13.1 Å². The second-order valence-electron chi connectivity index (χ2n) is 13.0. The molecule has 0 radical (unpaired) electrons. The van der Waals surface area contributed by atoms with E-state index in [4.69, 9.17) is 22.3 Å². The normalized spacial score (nSPS) is 11.5. The maximum absolute atomic E-state index is 6.10. The number of hydrogen-bond donors (Lipinski definition) is 0.